The van der Waals surface area contributed by atoms with E-state index in [0.29, 0.717) is 0 Å². The largest absolute Gasteiger partial charge is 0.354 e. The normalized spacial score (nSPS) is 11.3. The zero-order chi connectivity index (χ0) is 28.2. The van der Waals surface area contributed by atoms with Crippen LogP contribution in [-0.2, 0) is 5.41 Å². The van der Waals surface area contributed by atoms with E-state index >= 15 is 0 Å². The summed E-state index contributed by atoms with van der Waals surface area (Å²) in [5.41, 5.74) is 11.6. The summed E-state index contributed by atoms with van der Waals surface area (Å²) in [5.74, 6) is 0. The molecule has 6 aromatic rings. The molecule has 0 amide bonds. The summed E-state index contributed by atoms with van der Waals surface area (Å²) in [5, 5.41) is 3.76. The maximum Gasteiger partial charge on any atom is 0.0736 e. The van der Waals surface area contributed by atoms with Crippen LogP contribution in [0, 0.1) is 0 Å². The summed E-state index contributed by atoms with van der Waals surface area (Å²) in [6.07, 6.45) is 1.85. The van der Waals surface area contributed by atoms with E-state index in [-0.39, 0.29) is 5.41 Å². The van der Waals surface area contributed by atoms with Gasteiger partial charge in [0.2, 0.25) is 0 Å². The Hall–Kier alpha value is -5.02. The molecule has 2 aromatic heterocycles. The first kappa shape index (κ1) is 26.2. The van der Waals surface area contributed by atoms with Gasteiger partial charge >= 0.3 is 0 Å². The molecule has 1 N–H and O–H groups in total. The second kappa shape index (κ2) is 11.2. The topological polar surface area (TPSA) is 37.8 Å². The Morgan fingerprint density at radius 2 is 1.12 bits per heavy atom. The van der Waals surface area contributed by atoms with E-state index < -0.39 is 0 Å². The van der Waals surface area contributed by atoms with Gasteiger partial charge in [-0.05, 0) is 64.6 Å². The standard InChI is InChI=1S/C38H33N3/c1-38(2,3)30-21-22-35(32(26-30)33-19-12-13-23-39-33)40-34-20-11-10-18-31(34)37-25-29(27-14-6-4-7-15-27)24-36(41-37)28-16-8-5-9-17-28/h4-26,40H,1-3H3. The molecule has 2 heterocycles. The summed E-state index contributed by atoms with van der Waals surface area (Å²) in [6.45, 7) is 6.72. The summed E-state index contributed by atoms with van der Waals surface area (Å²) in [4.78, 5) is 9.87. The Morgan fingerprint density at radius 1 is 0.488 bits per heavy atom. The molecule has 3 nitrogen and oxygen atoms in total. The molecule has 0 aliphatic heterocycles. The predicted octanol–water partition coefficient (Wildman–Crippen LogP) is 10.2. The van der Waals surface area contributed by atoms with Gasteiger partial charge in [-0.3, -0.25) is 4.98 Å². The maximum absolute atomic E-state index is 5.18. The highest BCUT2D eigenvalue weighted by molar-refractivity contribution is 5.87. The van der Waals surface area contributed by atoms with Crippen LogP contribution in [0.25, 0.3) is 44.9 Å². The molecule has 4 aromatic carbocycles. The average Bonchev–Trinajstić information content (AvgIpc) is 3.02. The lowest BCUT2D eigenvalue weighted by atomic mass is 9.85. The lowest BCUT2D eigenvalue weighted by Crippen LogP contribution is -2.11. The van der Waals surface area contributed by atoms with Gasteiger partial charge in [-0.25, -0.2) is 4.98 Å². The number of nitrogens with zero attached hydrogens (tertiary/aromatic N) is 2. The van der Waals surface area contributed by atoms with Crippen LogP contribution in [0.2, 0.25) is 0 Å². The molecule has 0 fully saturated rings. The van der Waals surface area contributed by atoms with Crippen molar-refractivity contribution in [3.63, 3.8) is 0 Å². The fraction of sp³-hybridized carbons (Fsp3) is 0.105. The number of hydrogen-bond donors (Lipinski definition) is 1. The molecule has 0 radical (unpaired) electrons. The van der Waals surface area contributed by atoms with Crippen molar-refractivity contribution < 1.29 is 0 Å². The van der Waals surface area contributed by atoms with Gasteiger partial charge in [0.25, 0.3) is 0 Å². The number of benzene rings is 4. The smallest absolute Gasteiger partial charge is 0.0736 e. The van der Waals surface area contributed by atoms with E-state index in [4.69, 9.17) is 9.97 Å². The Kier molecular flexibility index (Phi) is 7.18. The second-order valence-electron chi connectivity index (χ2n) is 11.3. The first-order valence-corrected chi connectivity index (χ1v) is 14.0. The first-order valence-electron chi connectivity index (χ1n) is 14.0. The van der Waals surface area contributed by atoms with Gasteiger partial charge in [0.15, 0.2) is 0 Å². The number of rotatable bonds is 6. The lowest BCUT2D eigenvalue weighted by Gasteiger charge is -2.22. The van der Waals surface area contributed by atoms with Gasteiger partial charge < -0.3 is 5.32 Å². The van der Waals surface area contributed by atoms with Crippen molar-refractivity contribution in [2.75, 3.05) is 5.32 Å². The number of aromatic nitrogens is 2. The van der Waals surface area contributed by atoms with Crippen molar-refractivity contribution in [2.45, 2.75) is 26.2 Å². The molecular weight excluding hydrogens is 498 g/mol. The predicted molar refractivity (Wildman–Crippen MR) is 172 cm³/mol. The van der Waals surface area contributed by atoms with Gasteiger partial charge in [0, 0.05) is 34.3 Å². The van der Waals surface area contributed by atoms with Crippen LogP contribution in [0.3, 0.4) is 0 Å². The number of para-hydroxylation sites is 1. The summed E-state index contributed by atoms with van der Waals surface area (Å²) >= 11 is 0. The molecule has 0 aliphatic carbocycles. The van der Waals surface area contributed by atoms with Crippen LogP contribution >= 0.6 is 0 Å². The molecule has 41 heavy (non-hydrogen) atoms. The van der Waals surface area contributed by atoms with E-state index in [1.807, 2.05) is 30.5 Å². The highest BCUT2D eigenvalue weighted by atomic mass is 14.9. The molecule has 0 spiro atoms. The molecule has 0 unspecified atom stereocenters. The zero-order valence-corrected chi connectivity index (χ0v) is 23.7. The van der Waals surface area contributed by atoms with Crippen LogP contribution in [0.4, 0.5) is 11.4 Å². The highest BCUT2D eigenvalue weighted by Crippen LogP contribution is 2.38. The molecule has 0 bridgehead atoms. The van der Waals surface area contributed by atoms with E-state index in [9.17, 15) is 0 Å². The van der Waals surface area contributed by atoms with Gasteiger partial charge in [0.1, 0.15) is 0 Å². The molecule has 6 rings (SSSR count). The Balaban J connectivity index is 1.48. The summed E-state index contributed by atoms with van der Waals surface area (Å²) < 4.78 is 0. The van der Waals surface area contributed by atoms with Crippen LogP contribution in [-0.4, -0.2) is 9.97 Å². The molecule has 200 valence electrons. The highest BCUT2D eigenvalue weighted by Gasteiger charge is 2.18. The van der Waals surface area contributed by atoms with E-state index in [1.165, 1.54) is 5.56 Å². The third kappa shape index (κ3) is 5.80. The van der Waals surface area contributed by atoms with Crippen LogP contribution in [0.15, 0.2) is 140 Å². The Bertz CT molecular complexity index is 1710. The van der Waals surface area contributed by atoms with E-state index in [0.717, 1.165) is 56.3 Å². The summed E-state index contributed by atoms with van der Waals surface area (Å²) in [6, 6.07) is 46.3. The Labute approximate surface area is 242 Å². The van der Waals surface area contributed by atoms with Crippen molar-refractivity contribution in [2.24, 2.45) is 0 Å². The molecular formula is C38H33N3. The molecule has 0 saturated carbocycles. The monoisotopic (exact) mass is 531 g/mol. The zero-order valence-electron chi connectivity index (χ0n) is 23.7. The maximum atomic E-state index is 5.18. The molecule has 0 saturated heterocycles. The number of nitrogens with one attached hydrogen (secondary N) is 1. The molecule has 0 atom stereocenters. The Morgan fingerprint density at radius 3 is 1.83 bits per heavy atom. The quantitative estimate of drug-likeness (QED) is 0.232. The minimum Gasteiger partial charge on any atom is -0.354 e. The van der Waals surface area contributed by atoms with Gasteiger partial charge in [-0.1, -0.05) is 112 Å². The van der Waals surface area contributed by atoms with Gasteiger partial charge in [-0.2, -0.15) is 0 Å². The number of anilines is 2. The fourth-order valence-corrected chi connectivity index (χ4v) is 5.04. The lowest BCUT2D eigenvalue weighted by molar-refractivity contribution is 0.590. The SMILES string of the molecule is CC(C)(C)c1ccc(Nc2ccccc2-c2cc(-c3ccccc3)cc(-c3ccccc3)n2)c(-c2ccccn2)c1. The minimum absolute atomic E-state index is 0.0234. The third-order valence-corrected chi connectivity index (χ3v) is 7.30. The van der Waals surface area contributed by atoms with Gasteiger partial charge in [-0.15, -0.1) is 0 Å². The molecule has 3 heteroatoms. The van der Waals surface area contributed by atoms with Crippen molar-refractivity contribution in [1.29, 1.82) is 0 Å². The van der Waals surface area contributed by atoms with Crippen LogP contribution in [0.1, 0.15) is 26.3 Å². The average molecular weight is 532 g/mol. The van der Waals surface area contributed by atoms with Crippen molar-refractivity contribution >= 4 is 11.4 Å². The number of hydrogen-bond acceptors (Lipinski definition) is 3. The van der Waals surface area contributed by atoms with E-state index in [2.05, 4.69) is 135 Å². The molecule has 0 aliphatic rings. The minimum atomic E-state index is 0.0234. The van der Waals surface area contributed by atoms with Crippen molar-refractivity contribution in [3.05, 3.63) is 145 Å². The fourth-order valence-electron chi connectivity index (χ4n) is 5.04. The number of pyridine rings is 2. The van der Waals surface area contributed by atoms with Crippen molar-refractivity contribution in [3.8, 4) is 44.9 Å². The van der Waals surface area contributed by atoms with E-state index in [1.54, 1.807) is 0 Å². The van der Waals surface area contributed by atoms with Crippen LogP contribution in [0.5, 0.6) is 0 Å². The second-order valence-corrected chi connectivity index (χ2v) is 11.3. The van der Waals surface area contributed by atoms with Crippen molar-refractivity contribution in [1.82, 2.24) is 9.97 Å². The van der Waals surface area contributed by atoms with Gasteiger partial charge in [0.05, 0.1) is 17.1 Å². The first-order chi connectivity index (χ1) is 20.0. The van der Waals surface area contributed by atoms with Crippen LogP contribution < -0.4 is 5.32 Å². The summed E-state index contributed by atoms with van der Waals surface area (Å²) in [7, 11) is 0. The third-order valence-electron chi connectivity index (χ3n) is 7.30.